The van der Waals surface area contributed by atoms with Gasteiger partial charge in [0.05, 0.1) is 7.11 Å². The molecule has 3 nitrogen and oxygen atoms in total. The van der Waals surface area contributed by atoms with Crippen LogP contribution < -0.4 is 5.32 Å². The molecule has 1 aliphatic carbocycles. The molecule has 0 bridgehead atoms. The van der Waals surface area contributed by atoms with Gasteiger partial charge in [0.1, 0.15) is 6.04 Å². The number of thiophene rings is 1. The molecule has 1 unspecified atom stereocenters. The predicted octanol–water partition coefficient (Wildman–Crippen LogP) is 3.84. The van der Waals surface area contributed by atoms with E-state index in [0.717, 1.165) is 11.3 Å². The van der Waals surface area contributed by atoms with Crippen LogP contribution in [0.25, 0.3) is 0 Å². The molecule has 1 aromatic rings. The fourth-order valence-electron chi connectivity index (χ4n) is 2.81. The monoisotopic (exact) mass is 295 g/mol. The van der Waals surface area contributed by atoms with E-state index in [-0.39, 0.29) is 12.0 Å². The summed E-state index contributed by atoms with van der Waals surface area (Å²) >= 11 is 1.72. The minimum absolute atomic E-state index is 0.168. The summed E-state index contributed by atoms with van der Waals surface area (Å²) in [5.74, 6) is -0.168. The van der Waals surface area contributed by atoms with Crippen molar-refractivity contribution in [2.75, 3.05) is 7.11 Å². The molecular formula is C16H25NO2S. The molecule has 112 valence electrons. The van der Waals surface area contributed by atoms with Gasteiger partial charge in [0.15, 0.2) is 0 Å². The Hall–Kier alpha value is -0.870. The average Bonchev–Trinajstić information content (AvgIpc) is 2.80. The van der Waals surface area contributed by atoms with Crippen molar-refractivity contribution in [3.05, 3.63) is 21.9 Å². The van der Waals surface area contributed by atoms with Crippen molar-refractivity contribution in [3.8, 4) is 0 Å². The maximum absolute atomic E-state index is 12.1. The van der Waals surface area contributed by atoms with Crippen LogP contribution in [-0.2, 0) is 16.0 Å². The number of carbonyl (C=O) groups is 1. The Bertz CT molecular complexity index is 422. The van der Waals surface area contributed by atoms with Crippen LogP contribution in [0.1, 0.15) is 61.2 Å². The fourth-order valence-corrected chi connectivity index (χ4v) is 3.81. The molecule has 20 heavy (non-hydrogen) atoms. The minimum atomic E-state index is -0.298. The summed E-state index contributed by atoms with van der Waals surface area (Å²) in [6.07, 6.45) is 8.51. The highest BCUT2D eigenvalue weighted by molar-refractivity contribution is 7.12. The summed E-state index contributed by atoms with van der Waals surface area (Å²) in [6.45, 7) is 2.14. The lowest BCUT2D eigenvalue weighted by Crippen LogP contribution is -2.37. The average molecular weight is 295 g/mol. The summed E-state index contributed by atoms with van der Waals surface area (Å²) in [5.41, 5.74) is 0. The van der Waals surface area contributed by atoms with Gasteiger partial charge in [0.25, 0.3) is 0 Å². The molecule has 0 aliphatic heterocycles. The highest BCUT2D eigenvalue weighted by Gasteiger charge is 2.26. The molecule has 0 amide bonds. The third kappa shape index (κ3) is 4.06. The van der Waals surface area contributed by atoms with Crippen molar-refractivity contribution < 1.29 is 9.53 Å². The number of aryl methyl sites for hydroxylation is 1. The van der Waals surface area contributed by atoms with Crippen molar-refractivity contribution >= 4 is 17.3 Å². The quantitative estimate of drug-likeness (QED) is 0.662. The molecule has 0 radical (unpaired) electrons. The third-order valence-electron chi connectivity index (χ3n) is 4.01. The molecule has 2 rings (SSSR count). The highest BCUT2D eigenvalue weighted by atomic mass is 32.1. The van der Waals surface area contributed by atoms with Gasteiger partial charge in [-0.05, 0) is 31.4 Å². The van der Waals surface area contributed by atoms with Crippen LogP contribution in [0.4, 0.5) is 0 Å². The highest BCUT2D eigenvalue weighted by Crippen LogP contribution is 2.27. The Balaban J connectivity index is 2.08. The lowest BCUT2D eigenvalue weighted by atomic mass is 10.1. The van der Waals surface area contributed by atoms with E-state index in [4.69, 9.17) is 4.74 Å². The van der Waals surface area contributed by atoms with E-state index < -0.39 is 0 Å². The first-order chi connectivity index (χ1) is 9.74. The zero-order valence-corrected chi connectivity index (χ0v) is 13.3. The molecule has 1 saturated carbocycles. The second kappa shape index (κ2) is 7.79. The van der Waals surface area contributed by atoms with Crippen molar-refractivity contribution in [2.24, 2.45) is 0 Å². The molecule has 0 saturated heterocycles. The molecule has 1 atom stereocenters. The van der Waals surface area contributed by atoms with Crippen LogP contribution in [0.5, 0.6) is 0 Å². The Morgan fingerprint density at radius 3 is 2.60 bits per heavy atom. The van der Waals surface area contributed by atoms with Gasteiger partial charge in [-0.1, -0.05) is 32.6 Å². The lowest BCUT2D eigenvalue weighted by Gasteiger charge is -2.22. The Labute approximate surface area is 125 Å². The topological polar surface area (TPSA) is 38.3 Å². The van der Waals surface area contributed by atoms with Crippen molar-refractivity contribution in [1.82, 2.24) is 5.32 Å². The molecule has 4 heteroatoms. The smallest absolute Gasteiger partial charge is 0.328 e. The molecule has 0 spiro atoms. The fraction of sp³-hybridized carbons (Fsp3) is 0.688. The van der Waals surface area contributed by atoms with Crippen LogP contribution >= 0.6 is 11.3 Å². The molecular weight excluding hydrogens is 270 g/mol. The molecule has 1 aliphatic rings. The third-order valence-corrected chi connectivity index (χ3v) is 5.30. The normalized spacial score (nSPS) is 18.5. The van der Waals surface area contributed by atoms with E-state index in [0.29, 0.717) is 6.04 Å². The van der Waals surface area contributed by atoms with Crippen LogP contribution in [0, 0.1) is 0 Å². The Morgan fingerprint density at radius 2 is 2.05 bits per heavy atom. The van der Waals surface area contributed by atoms with Crippen LogP contribution in [-0.4, -0.2) is 19.1 Å². The maximum atomic E-state index is 12.1. The SMILES string of the molecule is CCc1ccc(C(NC2CCCCCC2)C(=O)OC)s1. The number of methoxy groups -OCH3 is 1. The van der Waals surface area contributed by atoms with Crippen LogP contribution in [0.15, 0.2) is 12.1 Å². The Morgan fingerprint density at radius 1 is 1.35 bits per heavy atom. The van der Waals surface area contributed by atoms with Crippen LogP contribution in [0.2, 0.25) is 0 Å². The number of rotatable bonds is 5. The number of ether oxygens (including phenoxy) is 1. The maximum Gasteiger partial charge on any atom is 0.328 e. The molecule has 1 heterocycles. The Kier molecular flexibility index (Phi) is 6.05. The predicted molar refractivity (Wildman–Crippen MR) is 83.1 cm³/mol. The lowest BCUT2D eigenvalue weighted by molar-refractivity contribution is -0.143. The van der Waals surface area contributed by atoms with Gasteiger partial charge in [0.2, 0.25) is 0 Å². The summed E-state index contributed by atoms with van der Waals surface area (Å²) in [4.78, 5) is 14.5. The van der Waals surface area contributed by atoms with E-state index in [9.17, 15) is 4.79 Å². The van der Waals surface area contributed by atoms with E-state index >= 15 is 0 Å². The van der Waals surface area contributed by atoms with Gasteiger partial charge in [-0.3, -0.25) is 5.32 Å². The minimum Gasteiger partial charge on any atom is -0.468 e. The molecule has 1 N–H and O–H groups in total. The number of carbonyl (C=O) groups excluding carboxylic acids is 1. The van der Waals surface area contributed by atoms with Gasteiger partial charge in [0, 0.05) is 15.8 Å². The second-order valence-corrected chi connectivity index (χ2v) is 6.67. The van der Waals surface area contributed by atoms with Crippen molar-refractivity contribution in [1.29, 1.82) is 0 Å². The van der Waals surface area contributed by atoms with Gasteiger partial charge < -0.3 is 4.74 Å². The van der Waals surface area contributed by atoms with E-state index in [1.165, 1.54) is 50.5 Å². The first-order valence-corrected chi connectivity index (χ1v) is 8.48. The first-order valence-electron chi connectivity index (χ1n) is 7.67. The second-order valence-electron chi connectivity index (χ2n) is 5.47. The molecule has 1 aromatic heterocycles. The summed E-state index contributed by atoms with van der Waals surface area (Å²) in [6, 6.07) is 4.32. The molecule has 1 fully saturated rings. The number of nitrogens with one attached hydrogen (secondary N) is 1. The van der Waals surface area contributed by atoms with Gasteiger partial charge in [-0.2, -0.15) is 0 Å². The van der Waals surface area contributed by atoms with Gasteiger partial charge in [-0.25, -0.2) is 4.79 Å². The first kappa shape index (κ1) is 15.5. The zero-order chi connectivity index (χ0) is 14.4. The van der Waals surface area contributed by atoms with E-state index in [1.807, 2.05) is 0 Å². The van der Waals surface area contributed by atoms with Crippen molar-refractivity contribution in [3.63, 3.8) is 0 Å². The largest absolute Gasteiger partial charge is 0.468 e. The van der Waals surface area contributed by atoms with Crippen LogP contribution in [0.3, 0.4) is 0 Å². The molecule has 0 aromatic carbocycles. The van der Waals surface area contributed by atoms with Gasteiger partial charge in [-0.15, -0.1) is 11.3 Å². The zero-order valence-electron chi connectivity index (χ0n) is 12.5. The van der Waals surface area contributed by atoms with Gasteiger partial charge >= 0.3 is 5.97 Å². The summed E-state index contributed by atoms with van der Waals surface area (Å²) < 4.78 is 4.99. The summed E-state index contributed by atoms with van der Waals surface area (Å²) in [7, 11) is 1.47. The number of esters is 1. The number of hydrogen-bond acceptors (Lipinski definition) is 4. The van der Waals surface area contributed by atoms with E-state index in [2.05, 4.69) is 24.4 Å². The number of hydrogen-bond donors (Lipinski definition) is 1. The van der Waals surface area contributed by atoms with E-state index in [1.54, 1.807) is 11.3 Å². The standard InChI is InChI=1S/C16H25NO2S/c1-3-13-10-11-14(20-13)15(16(18)19-2)17-12-8-6-4-5-7-9-12/h10-12,15,17H,3-9H2,1-2H3. The summed E-state index contributed by atoms with van der Waals surface area (Å²) in [5, 5.41) is 3.54. The van der Waals surface area contributed by atoms with Crippen molar-refractivity contribution in [2.45, 2.75) is 64.0 Å².